The fourth-order valence-corrected chi connectivity index (χ4v) is 3.41. The molecule has 0 bridgehead atoms. The van der Waals surface area contributed by atoms with E-state index in [0.29, 0.717) is 12.4 Å². The van der Waals surface area contributed by atoms with Crippen LogP contribution in [-0.4, -0.2) is 54.1 Å². The number of benzene rings is 1. The first-order valence-corrected chi connectivity index (χ1v) is 8.35. The standard InChI is InChI=1S/C19H25NO3/c21-15-19(16-7-2-1-3-8-16)10-6-9-17(18(19)22)23-14-13-20-11-4-5-12-20/h1-3,6-10,18,21-22H,4-5,11-15H2. The minimum absolute atomic E-state index is 0.165. The highest BCUT2D eigenvalue weighted by Gasteiger charge is 2.41. The van der Waals surface area contributed by atoms with Gasteiger partial charge >= 0.3 is 0 Å². The zero-order valence-electron chi connectivity index (χ0n) is 13.4. The molecule has 4 heteroatoms. The molecule has 2 N–H and O–H groups in total. The zero-order chi connectivity index (χ0) is 16.1. The number of ether oxygens (including phenoxy) is 1. The molecule has 0 spiro atoms. The van der Waals surface area contributed by atoms with Gasteiger partial charge in [-0.2, -0.15) is 0 Å². The quantitative estimate of drug-likeness (QED) is 0.841. The predicted molar refractivity (Wildman–Crippen MR) is 90.1 cm³/mol. The molecule has 2 unspecified atom stereocenters. The van der Waals surface area contributed by atoms with E-state index in [2.05, 4.69) is 4.90 Å². The molecular weight excluding hydrogens is 290 g/mol. The Hall–Kier alpha value is -1.62. The van der Waals surface area contributed by atoms with Gasteiger partial charge in [0.15, 0.2) is 0 Å². The van der Waals surface area contributed by atoms with Crippen molar-refractivity contribution in [1.82, 2.24) is 4.90 Å². The molecule has 2 aliphatic rings. The second-order valence-electron chi connectivity index (χ2n) is 6.29. The maximum absolute atomic E-state index is 10.8. The molecule has 23 heavy (non-hydrogen) atoms. The molecule has 1 fully saturated rings. The number of likely N-dealkylation sites (tertiary alicyclic amines) is 1. The summed E-state index contributed by atoms with van der Waals surface area (Å²) in [5, 5.41) is 20.8. The monoisotopic (exact) mass is 315 g/mol. The lowest BCUT2D eigenvalue weighted by molar-refractivity contribution is 0.0311. The molecule has 0 saturated carbocycles. The molecule has 124 valence electrons. The van der Waals surface area contributed by atoms with Gasteiger partial charge in [0.2, 0.25) is 0 Å². The van der Waals surface area contributed by atoms with Crippen molar-refractivity contribution in [2.45, 2.75) is 24.4 Å². The Morgan fingerprint density at radius 1 is 1.17 bits per heavy atom. The predicted octanol–water partition coefficient (Wildman–Crippen LogP) is 1.84. The Morgan fingerprint density at radius 2 is 1.91 bits per heavy atom. The lowest BCUT2D eigenvalue weighted by Gasteiger charge is -2.37. The van der Waals surface area contributed by atoms with E-state index in [1.807, 2.05) is 42.5 Å². The summed E-state index contributed by atoms with van der Waals surface area (Å²) in [5.74, 6) is 0.532. The van der Waals surface area contributed by atoms with Crippen LogP contribution in [0.3, 0.4) is 0 Å². The molecule has 4 nitrogen and oxygen atoms in total. The third-order valence-electron chi connectivity index (χ3n) is 4.86. The summed E-state index contributed by atoms with van der Waals surface area (Å²) in [6.45, 7) is 3.55. The van der Waals surface area contributed by atoms with Gasteiger partial charge in [0.1, 0.15) is 18.5 Å². The van der Waals surface area contributed by atoms with Crippen molar-refractivity contribution in [3.8, 4) is 0 Å². The Balaban J connectivity index is 1.68. The Morgan fingerprint density at radius 3 is 2.61 bits per heavy atom. The Kier molecular flexibility index (Phi) is 5.16. The van der Waals surface area contributed by atoms with E-state index in [4.69, 9.17) is 4.74 Å². The molecule has 1 saturated heterocycles. The first kappa shape index (κ1) is 16.2. The molecule has 1 aliphatic carbocycles. The molecule has 2 atom stereocenters. The molecule has 0 aromatic heterocycles. The fourth-order valence-electron chi connectivity index (χ4n) is 3.41. The summed E-state index contributed by atoms with van der Waals surface area (Å²) in [4.78, 5) is 2.38. The molecule has 3 rings (SSSR count). The van der Waals surface area contributed by atoms with E-state index in [9.17, 15) is 10.2 Å². The largest absolute Gasteiger partial charge is 0.494 e. The minimum Gasteiger partial charge on any atom is -0.494 e. The van der Waals surface area contributed by atoms with Crippen LogP contribution >= 0.6 is 0 Å². The van der Waals surface area contributed by atoms with Gasteiger partial charge in [-0.05, 0) is 37.6 Å². The van der Waals surface area contributed by atoms with Crippen LogP contribution in [0.5, 0.6) is 0 Å². The average molecular weight is 315 g/mol. The van der Waals surface area contributed by atoms with E-state index in [0.717, 1.165) is 25.2 Å². The highest BCUT2D eigenvalue weighted by molar-refractivity contribution is 5.40. The van der Waals surface area contributed by atoms with Crippen LogP contribution in [0.15, 0.2) is 54.3 Å². The second-order valence-corrected chi connectivity index (χ2v) is 6.29. The lowest BCUT2D eigenvalue weighted by Crippen LogP contribution is -2.44. The normalized spacial score (nSPS) is 27.9. The maximum atomic E-state index is 10.8. The van der Waals surface area contributed by atoms with Gasteiger partial charge in [-0.3, -0.25) is 4.90 Å². The fraction of sp³-hybridized carbons (Fsp3) is 0.474. The summed E-state index contributed by atoms with van der Waals surface area (Å²) in [5.41, 5.74) is 0.0545. The van der Waals surface area contributed by atoms with Crippen LogP contribution in [0.4, 0.5) is 0 Å². The molecule has 1 aromatic carbocycles. The van der Waals surface area contributed by atoms with Gasteiger partial charge in [-0.25, -0.2) is 0 Å². The summed E-state index contributed by atoms with van der Waals surface area (Å²) in [7, 11) is 0. The number of allylic oxidation sites excluding steroid dienone is 2. The zero-order valence-corrected chi connectivity index (χ0v) is 13.4. The number of hydrogen-bond acceptors (Lipinski definition) is 4. The van der Waals surface area contributed by atoms with E-state index < -0.39 is 11.5 Å². The van der Waals surface area contributed by atoms with Crippen LogP contribution in [0.25, 0.3) is 0 Å². The van der Waals surface area contributed by atoms with Crippen LogP contribution < -0.4 is 0 Å². The van der Waals surface area contributed by atoms with Crippen molar-refractivity contribution in [2.75, 3.05) is 32.8 Å². The van der Waals surface area contributed by atoms with Gasteiger partial charge < -0.3 is 14.9 Å². The summed E-state index contributed by atoms with van der Waals surface area (Å²) in [6.07, 6.45) is 7.16. The van der Waals surface area contributed by atoms with Crippen molar-refractivity contribution in [3.05, 3.63) is 59.9 Å². The summed E-state index contributed by atoms with van der Waals surface area (Å²) >= 11 is 0. The SMILES string of the molecule is OCC1(c2ccccc2)C=CC=C(OCCN2CCCC2)C1O. The average Bonchev–Trinajstić information content (AvgIpc) is 3.11. The van der Waals surface area contributed by atoms with Crippen molar-refractivity contribution < 1.29 is 14.9 Å². The van der Waals surface area contributed by atoms with Crippen molar-refractivity contribution >= 4 is 0 Å². The summed E-state index contributed by atoms with van der Waals surface area (Å²) < 4.78 is 5.84. The Labute approximate surface area is 137 Å². The van der Waals surface area contributed by atoms with E-state index in [1.54, 1.807) is 6.08 Å². The van der Waals surface area contributed by atoms with Crippen LogP contribution in [0.2, 0.25) is 0 Å². The van der Waals surface area contributed by atoms with Crippen LogP contribution in [-0.2, 0) is 10.2 Å². The van der Waals surface area contributed by atoms with Gasteiger partial charge in [-0.1, -0.05) is 42.5 Å². The highest BCUT2D eigenvalue weighted by Crippen LogP contribution is 2.36. The number of rotatable bonds is 6. The van der Waals surface area contributed by atoms with Gasteiger partial charge in [-0.15, -0.1) is 0 Å². The third kappa shape index (κ3) is 3.34. The van der Waals surface area contributed by atoms with E-state index >= 15 is 0 Å². The lowest BCUT2D eigenvalue weighted by atomic mass is 9.73. The first-order valence-electron chi connectivity index (χ1n) is 8.35. The van der Waals surface area contributed by atoms with Crippen molar-refractivity contribution in [2.24, 2.45) is 0 Å². The number of hydrogen-bond donors (Lipinski definition) is 2. The van der Waals surface area contributed by atoms with Crippen molar-refractivity contribution in [3.63, 3.8) is 0 Å². The molecule has 0 amide bonds. The highest BCUT2D eigenvalue weighted by atomic mass is 16.5. The minimum atomic E-state index is -0.876. The number of nitrogens with zero attached hydrogens (tertiary/aromatic N) is 1. The number of aliphatic hydroxyl groups excluding tert-OH is 2. The van der Waals surface area contributed by atoms with Crippen molar-refractivity contribution in [1.29, 1.82) is 0 Å². The molecular formula is C19H25NO3. The molecule has 1 aliphatic heterocycles. The topological polar surface area (TPSA) is 52.9 Å². The van der Waals surface area contributed by atoms with Gasteiger partial charge in [0, 0.05) is 6.54 Å². The molecule has 1 aromatic rings. The molecule has 1 heterocycles. The van der Waals surface area contributed by atoms with Gasteiger partial charge in [0.25, 0.3) is 0 Å². The van der Waals surface area contributed by atoms with Crippen LogP contribution in [0.1, 0.15) is 18.4 Å². The molecule has 0 radical (unpaired) electrons. The number of aliphatic hydroxyl groups is 2. The van der Waals surface area contributed by atoms with Crippen LogP contribution in [0, 0.1) is 0 Å². The van der Waals surface area contributed by atoms with E-state index in [-0.39, 0.29) is 6.61 Å². The third-order valence-corrected chi connectivity index (χ3v) is 4.86. The first-order chi connectivity index (χ1) is 11.3. The maximum Gasteiger partial charge on any atom is 0.126 e. The smallest absolute Gasteiger partial charge is 0.126 e. The summed E-state index contributed by atoms with van der Waals surface area (Å²) in [6, 6.07) is 9.61. The second kappa shape index (κ2) is 7.30. The van der Waals surface area contributed by atoms with E-state index in [1.165, 1.54) is 12.8 Å². The Bertz CT molecular complexity index is 563. The van der Waals surface area contributed by atoms with Gasteiger partial charge in [0.05, 0.1) is 12.0 Å².